The molecule has 0 fully saturated rings. The number of hydrogen-bond acceptors (Lipinski definition) is 7. The van der Waals surface area contributed by atoms with E-state index >= 15 is 0 Å². The summed E-state index contributed by atoms with van der Waals surface area (Å²) in [5, 5.41) is 5.34. The van der Waals surface area contributed by atoms with Crippen molar-refractivity contribution in [1.29, 1.82) is 0 Å². The van der Waals surface area contributed by atoms with Gasteiger partial charge in [0.05, 0.1) is 18.6 Å². The maximum absolute atomic E-state index is 11.2. The normalized spacial score (nSPS) is 12.0. The van der Waals surface area contributed by atoms with Crippen molar-refractivity contribution in [3.63, 3.8) is 0 Å². The summed E-state index contributed by atoms with van der Waals surface area (Å²) in [6.45, 7) is 6.22. The second kappa shape index (κ2) is 11.2. The first-order chi connectivity index (χ1) is 16.8. The number of rotatable bonds is 12. The molecule has 185 valence electrons. The molecule has 0 saturated carbocycles. The minimum Gasteiger partial charge on any atom is -0.439 e. The predicted octanol–water partition coefficient (Wildman–Crippen LogP) is 4.40. The second-order valence-corrected chi connectivity index (χ2v) is 13.0. The van der Waals surface area contributed by atoms with Crippen molar-refractivity contribution in [2.24, 2.45) is 0 Å². The number of ether oxygens (including phenoxy) is 2. The first-order valence-electron chi connectivity index (χ1n) is 11.2. The lowest BCUT2D eigenvalue weighted by Gasteiger charge is -2.10. The molecule has 3 heterocycles. The zero-order valence-electron chi connectivity index (χ0n) is 20.0. The molecule has 9 nitrogen and oxygen atoms in total. The summed E-state index contributed by atoms with van der Waals surface area (Å²) in [6, 6.07) is 14.5. The Labute approximate surface area is 207 Å². The van der Waals surface area contributed by atoms with Crippen LogP contribution in [0.25, 0.3) is 22.2 Å². The number of pyridine rings is 1. The molecular formula is C24H29N4O5SSi. The van der Waals surface area contributed by atoms with Crippen molar-refractivity contribution in [1.82, 2.24) is 19.3 Å². The Hall–Kier alpha value is -2.99. The SMILES string of the molecule is C[Si](C)CCOCn1nccc1-c1ccc(Oc2ccc3c(ccn3CCOS(C)(=O)=O)c2)nc1. The zero-order valence-corrected chi connectivity index (χ0v) is 21.9. The molecule has 0 atom stereocenters. The van der Waals surface area contributed by atoms with E-state index in [2.05, 4.69) is 23.2 Å². The quantitative estimate of drug-likeness (QED) is 0.157. The van der Waals surface area contributed by atoms with Crippen LogP contribution < -0.4 is 4.74 Å². The first kappa shape index (κ1) is 25.1. The molecule has 1 radical (unpaired) electrons. The van der Waals surface area contributed by atoms with Crippen LogP contribution >= 0.6 is 0 Å². The molecular weight excluding hydrogens is 484 g/mol. The Balaban J connectivity index is 1.38. The number of fused-ring (bicyclic) bond motifs is 1. The minimum absolute atomic E-state index is 0.0846. The molecule has 11 heteroatoms. The third-order valence-electron chi connectivity index (χ3n) is 5.30. The summed E-state index contributed by atoms with van der Waals surface area (Å²) >= 11 is 0. The number of aromatic nitrogens is 4. The smallest absolute Gasteiger partial charge is 0.264 e. The Morgan fingerprint density at radius 2 is 1.91 bits per heavy atom. The number of benzene rings is 1. The molecule has 0 aliphatic heterocycles. The Morgan fingerprint density at radius 1 is 1.06 bits per heavy atom. The maximum atomic E-state index is 11.2. The van der Waals surface area contributed by atoms with E-state index in [-0.39, 0.29) is 15.4 Å². The van der Waals surface area contributed by atoms with Crippen molar-refractivity contribution in [2.75, 3.05) is 19.5 Å². The van der Waals surface area contributed by atoms with Crippen molar-refractivity contribution in [3.8, 4) is 22.9 Å². The second-order valence-electron chi connectivity index (χ2n) is 8.45. The molecule has 4 rings (SSSR count). The van der Waals surface area contributed by atoms with Crippen molar-refractivity contribution in [2.45, 2.75) is 32.4 Å². The summed E-state index contributed by atoms with van der Waals surface area (Å²) in [5.74, 6) is 1.14. The zero-order chi connectivity index (χ0) is 24.8. The van der Waals surface area contributed by atoms with E-state index in [0.29, 0.717) is 24.9 Å². The van der Waals surface area contributed by atoms with Crippen LogP contribution in [0, 0.1) is 0 Å². The van der Waals surface area contributed by atoms with E-state index in [0.717, 1.165) is 41.1 Å². The highest BCUT2D eigenvalue weighted by Gasteiger charge is 2.09. The van der Waals surface area contributed by atoms with Gasteiger partial charge in [-0.2, -0.15) is 13.5 Å². The van der Waals surface area contributed by atoms with Crippen LogP contribution in [0.2, 0.25) is 19.1 Å². The molecule has 4 aromatic rings. The van der Waals surface area contributed by atoms with Gasteiger partial charge in [0, 0.05) is 63.1 Å². The van der Waals surface area contributed by atoms with Gasteiger partial charge in [-0.1, -0.05) is 13.1 Å². The summed E-state index contributed by atoms with van der Waals surface area (Å²) in [6.07, 6.45) is 6.46. The molecule has 0 aliphatic rings. The molecule has 1 aromatic carbocycles. The third kappa shape index (κ3) is 7.01. The lowest BCUT2D eigenvalue weighted by atomic mass is 10.2. The summed E-state index contributed by atoms with van der Waals surface area (Å²) in [5.41, 5.74) is 2.83. The van der Waals surface area contributed by atoms with E-state index in [1.54, 1.807) is 12.4 Å². The van der Waals surface area contributed by atoms with Crippen LogP contribution in [-0.2, 0) is 32.3 Å². The number of hydrogen-bond donors (Lipinski definition) is 0. The van der Waals surface area contributed by atoms with Crippen molar-refractivity contribution < 1.29 is 22.1 Å². The maximum Gasteiger partial charge on any atom is 0.264 e. The van der Waals surface area contributed by atoms with Gasteiger partial charge >= 0.3 is 0 Å². The van der Waals surface area contributed by atoms with Gasteiger partial charge in [0.1, 0.15) is 12.5 Å². The molecule has 3 aromatic heterocycles. The van der Waals surface area contributed by atoms with Crippen molar-refractivity contribution >= 4 is 29.8 Å². The van der Waals surface area contributed by atoms with Gasteiger partial charge in [0.15, 0.2) is 0 Å². The van der Waals surface area contributed by atoms with Gasteiger partial charge in [-0.05, 0) is 42.4 Å². The minimum atomic E-state index is -3.45. The molecule has 0 amide bonds. The van der Waals surface area contributed by atoms with Crippen LogP contribution in [0.3, 0.4) is 0 Å². The van der Waals surface area contributed by atoms with Gasteiger partial charge < -0.3 is 14.0 Å². The fourth-order valence-electron chi connectivity index (χ4n) is 3.54. The summed E-state index contributed by atoms with van der Waals surface area (Å²) in [7, 11) is -3.74. The van der Waals surface area contributed by atoms with Gasteiger partial charge in [-0.25, -0.2) is 9.67 Å². The molecule has 0 saturated heterocycles. The highest BCUT2D eigenvalue weighted by molar-refractivity contribution is 7.85. The Kier molecular flexibility index (Phi) is 8.01. The third-order valence-corrected chi connectivity index (χ3v) is 7.10. The average molecular weight is 514 g/mol. The lowest BCUT2D eigenvalue weighted by Crippen LogP contribution is -2.10. The largest absolute Gasteiger partial charge is 0.439 e. The predicted molar refractivity (Wildman–Crippen MR) is 137 cm³/mol. The highest BCUT2D eigenvalue weighted by atomic mass is 32.2. The van der Waals surface area contributed by atoms with Crippen LogP contribution in [0.1, 0.15) is 0 Å². The number of nitrogens with zero attached hydrogens (tertiary/aromatic N) is 4. The average Bonchev–Trinajstić information content (AvgIpc) is 3.43. The standard InChI is InChI=1S/C24H29N4O5SSi/c1-34(29,30)32-13-12-27-11-9-19-16-21(5-6-22(19)27)33-24-7-4-20(17-25-24)23-8-10-26-28(23)18-31-14-15-35(2)3/h4-11,16-17H,12-15,18H2,1-3H3. The molecule has 0 aliphatic carbocycles. The van der Waals surface area contributed by atoms with Crippen LogP contribution in [0.15, 0.2) is 61.1 Å². The monoisotopic (exact) mass is 513 g/mol. The van der Waals surface area contributed by atoms with Crippen LogP contribution in [-0.4, -0.2) is 56.0 Å². The summed E-state index contributed by atoms with van der Waals surface area (Å²) in [4.78, 5) is 4.46. The molecule has 0 bridgehead atoms. The van der Waals surface area contributed by atoms with Gasteiger partial charge in [-0.3, -0.25) is 4.18 Å². The van der Waals surface area contributed by atoms with Gasteiger partial charge in [0.25, 0.3) is 10.1 Å². The molecule has 0 spiro atoms. The van der Waals surface area contributed by atoms with E-state index in [9.17, 15) is 8.42 Å². The van der Waals surface area contributed by atoms with Crippen LogP contribution in [0.5, 0.6) is 11.6 Å². The van der Waals surface area contributed by atoms with E-state index in [1.807, 2.05) is 57.9 Å². The Morgan fingerprint density at radius 3 is 2.66 bits per heavy atom. The van der Waals surface area contributed by atoms with E-state index in [1.165, 1.54) is 0 Å². The van der Waals surface area contributed by atoms with Gasteiger partial charge in [0.2, 0.25) is 5.88 Å². The first-order valence-corrected chi connectivity index (χ1v) is 15.8. The highest BCUT2D eigenvalue weighted by Crippen LogP contribution is 2.27. The molecule has 35 heavy (non-hydrogen) atoms. The summed E-state index contributed by atoms with van der Waals surface area (Å²) < 4.78 is 42.6. The fraction of sp³-hybridized carbons (Fsp3) is 0.333. The Bertz CT molecular complexity index is 1370. The molecule has 0 unspecified atom stereocenters. The topological polar surface area (TPSA) is 97.5 Å². The fourth-order valence-corrected chi connectivity index (χ4v) is 4.47. The van der Waals surface area contributed by atoms with Crippen molar-refractivity contribution in [3.05, 3.63) is 61.1 Å². The molecule has 0 N–H and O–H groups in total. The van der Waals surface area contributed by atoms with E-state index < -0.39 is 10.1 Å². The lowest BCUT2D eigenvalue weighted by molar-refractivity contribution is 0.0801. The van der Waals surface area contributed by atoms with Crippen LogP contribution in [0.4, 0.5) is 0 Å². The van der Waals surface area contributed by atoms with E-state index in [4.69, 9.17) is 13.7 Å². The van der Waals surface area contributed by atoms with Gasteiger partial charge in [-0.15, -0.1) is 0 Å².